The Morgan fingerprint density at radius 3 is 2.48 bits per heavy atom. The molecule has 1 saturated carbocycles. The number of methoxy groups -OCH3 is 2. The topological polar surface area (TPSA) is 51.1 Å². The van der Waals surface area contributed by atoms with Gasteiger partial charge in [0.15, 0.2) is 16.7 Å². The van der Waals surface area contributed by atoms with Crippen LogP contribution in [0.2, 0.25) is 0 Å². The van der Waals surface area contributed by atoms with Gasteiger partial charge in [0.2, 0.25) is 0 Å². The molecule has 2 fully saturated rings. The van der Waals surface area contributed by atoms with Crippen molar-refractivity contribution in [1.82, 2.24) is 4.90 Å². The molecule has 0 spiro atoms. The zero-order valence-electron chi connectivity index (χ0n) is 16.6. The van der Waals surface area contributed by atoms with Crippen LogP contribution in [0.5, 0.6) is 11.5 Å². The van der Waals surface area contributed by atoms with Gasteiger partial charge in [-0.1, -0.05) is 43.2 Å². The number of nitrogens with zero attached hydrogens (tertiary/aromatic N) is 2. The molecule has 6 heteroatoms. The predicted octanol–water partition coefficient (Wildman–Crippen LogP) is 5.25. The van der Waals surface area contributed by atoms with E-state index in [-0.39, 0.29) is 11.9 Å². The molecule has 2 aromatic carbocycles. The molecule has 0 atom stereocenters. The Morgan fingerprint density at radius 2 is 1.79 bits per heavy atom. The van der Waals surface area contributed by atoms with Crippen molar-refractivity contribution >= 4 is 34.6 Å². The first kappa shape index (κ1) is 19.6. The Labute approximate surface area is 175 Å². The Kier molecular flexibility index (Phi) is 5.90. The second-order valence-corrected chi connectivity index (χ2v) is 8.05. The van der Waals surface area contributed by atoms with Gasteiger partial charge in [0, 0.05) is 11.6 Å². The van der Waals surface area contributed by atoms with E-state index >= 15 is 0 Å². The van der Waals surface area contributed by atoms with Crippen LogP contribution in [0.15, 0.2) is 58.4 Å². The van der Waals surface area contributed by atoms with E-state index in [1.165, 1.54) is 11.8 Å². The SMILES string of the molecule is COc1cccc(C=C2SC(=Nc3ccccc3)N(C3CCCC3)C2=O)c1OC. The second kappa shape index (κ2) is 8.74. The van der Waals surface area contributed by atoms with Gasteiger partial charge < -0.3 is 9.47 Å². The first-order valence-corrected chi connectivity index (χ1v) is 10.6. The average Bonchev–Trinajstić information content (AvgIpc) is 3.37. The minimum Gasteiger partial charge on any atom is -0.493 e. The molecule has 0 radical (unpaired) electrons. The molecular weight excluding hydrogens is 384 g/mol. The van der Waals surface area contributed by atoms with Crippen molar-refractivity contribution in [2.75, 3.05) is 14.2 Å². The van der Waals surface area contributed by atoms with Crippen LogP contribution in [0.3, 0.4) is 0 Å². The number of para-hydroxylation sites is 2. The van der Waals surface area contributed by atoms with Crippen LogP contribution in [-0.2, 0) is 4.79 Å². The molecule has 5 nitrogen and oxygen atoms in total. The van der Waals surface area contributed by atoms with Crippen molar-refractivity contribution in [1.29, 1.82) is 0 Å². The number of amides is 1. The monoisotopic (exact) mass is 408 g/mol. The molecule has 2 aromatic rings. The lowest BCUT2D eigenvalue weighted by atomic mass is 10.1. The largest absolute Gasteiger partial charge is 0.493 e. The number of carbonyl (C=O) groups excluding carboxylic acids is 1. The molecular formula is C23H24N2O3S. The highest BCUT2D eigenvalue weighted by atomic mass is 32.2. The fourth-order valence-electron chi connectivity index (χ4n) is 3.83. The van der Waals surface area contributed by atoms with Gasteiger partial charge in [-0.2, -0.15) is 0 Å². The molecule has 2 aliphatic rings. The minimum atomic E-state index is 0.0152. The molecule has 0 bridgehead atoms. The zero-order chi connectivity index (χ0) is 20.2. The molecule has 1 amide bonds. The highest BCUT2D eigenvalue weighted by Gasteiger charge is 2.39. The predicted molar refractivity (Wildman–Crippen MR) is 118 cm³/mol. The average molecular weight is 409 g/mol. The van der Waals surface area contributed by atoms with E-state index in [4.69, 9.17) is 14.5 Å². The Morgan fingerprint density at radius 1 is 1.03 bits per heavy atom. The van der Waals surface area contributed by atoms with E-state index < -0.39 is 0 Å². The summed E-state index contributed by atoms with van der Waals surface area (Å²) in [5, 5.41) is 0.751. The maximum Gasteiger partial charge on any atom is 0.267 e. The van der Waals surface area contributed by atoms with Crippen LogP contribution in [0.1, 0.15) is 31.2 Å². The van der Waals surface area contributed by atoms with E-state index in [1.807, 2.05) is 59.5 Å². The molecule has 1 aliphatic carbocycles. The van der Waals surface area contributed by atoms with Crippen LogP contribution in [-0.4, -0.2) is 36.2 Å². The van der Waals surface area contributed by atoms with E-state index in [9.17, 15) is 4.79 Å². The van der Waals surface area contributed by atoms with Crippen molar-refractivity contribution < 1.29 is 14.3 Å². The molecule has 29 heavy (non-hydrogen) atoms. The van der Waals surface area contributed by atoms with Crippen molar-refractivity contribution in [3.63, 3.8) is 0 Å². The van der Waals surface area contributed by atoms with Gasteiger partial charge in [0.05, 0.1) is 24.8 Å². The summed E-state index contributed by atoms with van der Waals surface area (Å²) in [4.78, 5) is 20.7. The van der Waals surface area contributed by atoms with Crippen molar-refractivity contribution in [3.05, 3.63) is 59.0 Å². The standard InChI is InChI=1S/C23H24N2O3S/c1-27-19-14-8-9-16(21(19)28-2)15-20-22(26)25(18-12-6-7-13-18)23(29-20)24-17-10-4-3-5-11-17/h3-5,8-11,14-15,18H,6-7,12-13H2,1-2H3. The third-order valence-corrected chi connectivity index (χ3v) is 6.21. The number of carbonyl (C=O) groups is 1. The molecule has 0 N–H and O–H groups in total. The third-order valence-electron chi connectivity index (χ3n) is 5.23. The number of amidine groups is 1. The molecule has 0 unspecified atom stereocenters. The van der Waals surface area contributed by atoms with E-state index in [0.29, 0.717) is 16.4 Å². The van der Waals surface area contributed by atoms with Gasteiger partial charge in [-0.25, -0.2) is 4.99 Å². The summed E-state index contributed by atoms with van der Waals surface area (Å²) in [6, 6.07) is 15.7. The van der Waals surface area contributed by atoms with Gasteiger partial charge in [0.25, 0.3) is 5.91 Å². The summed E-state index contributed by atoms with van der Waals surface area (Å²) in [5.41, 5.74) is 1.67. The highest BCUT2D eigenvalue weighted by molar-refractivity contribution is 8.18. The maximum atomic E-state index is 13.3. The third kappa shape index (κ3) is 4.03. The van der Waals surface area contributed by atoms with E-state index in [1.54, 1.807) is 14.2 Å². The fraction of sp³-hybridized carbons (Fsp3) is 0.304. The van der Waals surface area contributed by atoms with Crippen molar-refractivity contribution in [3.8, 4) is 11.5 Å². The number of hydrogen-bond acceptors (Lipinski definition) is 5. The van der Waals surface area contributed by atoms with E-state index in [2.05, 4.69) is 0 Å². The maximum absolute atomic E-state index is 13.3. The number of ether oxygens (including phenoxy) is 2. The Bertz CT molecular complexity index is 950. The van der Waals surface area contributed by atoms with Crippen LogP contribution in [0, 0.1) is 0 Å². The lowest BCUT2D eigenvalue weighted by Crippen LogP contribution is -2.37. The first-order valence-electron chi connectivity index (χ1n) is 9.79. The van der Waals surface area contributed by atoms with Gasteiger partial charge >= 0.3 is 0 Å². The van der Waals surface area contributed by atoms with Gasteiger partial charge in [-0.15, -0.1) is 0 Å². The fourth-order valence-corrected chi connectivity index (χ4v) is 4.88. The molecule has 4 rings (SSSR count). The normalized spacial score (nSPS) is 20.1. The quantitative estimate of drug-likeness (QED) is 0.634. The highest BCUT2D eigenvalue weighted by Crippen LogP contribution is 2.40. The molecule has 1 heterocycles. The second-order valence-electron chi connectivity index (χ2n) is 7.04. The van der Waals surface area contributed by atoms with Crippen LogP contribution < -0.4 is 9.47 Å². The minimum absolute atomic E-state index is 0.0152. The summed E-state index contributed by atoms with van der Waals surface area (Å²) < 4.78 is 10.9. The van der Waals surface area contributed by atoms with Crippen LogP contribution in [0.4, 0.5) is 5.69 Å². The van der Waals surface area contributed by atoms with Crippen LogP contribution in [0.25, 0.3) is 6.08 Å². The summed E-state index contributed by atoms with van der Waals surface area (Å²) >= 11 is 1.43. The molecule has 0 aromatic heterocycles. The van der Waals surface area contributed by atoms with Gasteiger partial charge in [-0.05, 0) is 48.9 Å². The number of hydrogen-bond donors (Lipinski definition) is 0. The summed E-state index contributed by atoms with van der Waals surface area (Å²) in [6.07, 6.45) is 6.23. The van der Waals surface area contributed by atoms with Gasteiger partial charge in [-0.3, -0.25) is 9.69 Å². The summed E-state index contributed by atoms with van der Waals surface area (Å²) in [6.45, 7) is 0. The Hall–Kier alpha value is -2.73. The van der Waals surface area contributed by atoms with Crippen molar-refractivity contribution in [2.24, 2.45) is 4.99 Å². The lowest BCUT2D eigenvalue weighted by Gasteiger charge is -2.22. The first-order chi connectivity index (χ1) is 14.2. The number of aliphatic imine (C=N–C) groups is 1. The van der Waals surface area contributed by atoms with Crippen LogP contribution >= 0.6 is 11.8 Å². The molecule has 150 valence electrons. The Balaban J connectivity index is 1.73. The number of rotatable bonds is 5. The smallest absolute Gasteiger partial charge is 0.267 e. The molecule has 1 aliphatic heterocycles. The summed E-state index contributed by atoms with van der Waals surface area (Å²) in [5.74, 6) is 1.28. The number of benzene rings is 2. The number of thioether (sulfide) groups is 1. The van der Waals surface area contributed by atoms with E-state index in [0.717, 1.165) is 42.1 Å². The molecule has 1 saturated heterocycles. The summed E-state index contributed by atoms with van der Waals surface area (Å²) in [7, 11) is 3.22. The van der Waals surface area contributed by atoms with Gasteiger partial charge in [0.1, 0.15) is 0 Å². The lowest BCUT2D eigenvalue weighted by molar-refractivity contribution is -0.123. The zero-order valence-corrected chi connectivity index (χ0v) is 17.4. The van der Waals surface area contributed by atoms with Crippen molar-refractivity contribution in [2.45, 2.75) is 31.7 Å².